The Morgan fingerprint density at radius 2 is 1.95 bits per heavy atom. The summed E-state index contributed by atoms with van der Waals surface area (Å²) in [5.74, 6) is -0.0530. The summed E-state index contributed by atoms with van der Waals surface area (Å²) < 4.78 is 26.9. The first-order valence-electron chi connectivity index (χ1n) is 7.87. The van der Waals surface area contributed by atoms with Gasteiger partial charge in [0.15, 0.2) is 0 Å². The van der Waals surface area contributed by atoms with E-state index >= 15 is 0 Å². The number of piperidine rings is 1. The Kier molecular flexibility index (Phi) is 5.58. The van der Waals surface area contributed by atoms with Gasteiger partial charge in [0.2, 0.25) is 15.9 Å². The van der Waals surface area contributed by atoms with Crippen molar-refractivity contribution in [3.8, 4) is 0 Å². The molecule has 22 heavy (non-hydrogen) atoms. The number of sulfonamides is 1. The lowest BCUT2D eigenvalue weighted by Crippen LogP contribution is -2.41. The smallest absolute Gasteiger partial charge is 0.243 e. The summed E-state index contributed by atoms with van der Waals surface area (Å²) in [5.41, 5.74) is 0.629. The fourth-order valence-corrected chi connectivity index (χ4v) is 4.42. The minimum atomic E-state index is -3.45. The third kappa shape index (κ3) is 3.87. The molecule has 0 bridgehead atoms. The standard InChI is InChI=1S/C16H24N2O3S/c1-3-6-16(19)17-14-8-10-15(11-9-14)22(20,21)18-12-5-4-7-13(18)2/h8-11,13H,3-7,12H2,1-2H3,(H,17,19). The maximum Gasteiger partial charge on any atom is 0.243 e. The zero-order valence-corrected chi connectivity index (χ0v) is 14.0. The monoisotopic (exact) mass is 324 g/mol. The van der Waals surface area contributed by atoms with Crippen molar-refractivity contribution < 1.29 is 13.2 Å². The Morgan fingerprint density at radius 3 is 2.55 bits per heavy atom. The summed E-state index contributed by atoms with van der Waals surface area (Å²) >= 11 is 0. The number of nitrogens with zero attached hydrogens (tertiary/aromatic N) is 1. The van der Waals surface area contributed by atoms with Gasteiger partial charge in [-0.05, 0) is 50.5 Å². The summed E-state index contributed by atoms with van der Waals surface area (Å²) in [6.07, 6.45) is 4.14. The Balaban J connectivity index is 2.13. The zero-order valence-electron chi connectivity index (χ0n) is 13.2. The molecule has 1 unspecified atom stereocenters. The SMILES string of the molecule is CCCC(=O)Nc1ccc(S(=O)(=O)N2CCCCC2C)cc1. The van der Waals surface area contributed by atoms with Gasteiger partial charge in [0.1, 0.15) is 0 Å². The van der Waals surface area contributed by atoms with Crippen LogP contribution in [-0.2, 0) is 14.8 Å². The normalized spacial score (nSPS) is 19.8. The van der Waals surface area contributed by atoms with E-state index in [1.165, 1.54) is 0 Å². The van der Waals surface area contributed by atoms with Crippen molar-refractivity contribution in [3.05, 3.63) is 24.3 Å². The Bertz CT molecular complexity index is 611. The van der Waals surface area contributed by atoms with Crippen LogP contribution in [0.5, 0.6) is 0 Å². The van der Waals surface area contributed by atoms with Crippen LogP contribution in [0, 0.1) is 0 Å². The number of amides is 1. The number of carbonyl (C=O) groups is 1. The third-order valence-electron chi connectivity index (χ3n) is 3.96. The van der Waals surface area contributed by atoms with Crippen molar-refractivity contribution >= 4 is 21.6 Å². The summed E-state index contributed by atoms with van der Waals surface area (Å²) in [5, 5.41) is 2.76. The molecule has 0 radical (unpaired) electrons. The van der Waals surface area contributed by atoms with E-state index in [1.807, 2.05) is 13.8 Å². The number of hydrogen-bond donors (Lipinski definition) is 1. The fourth-order valence-electron chi connectivity index (χ4n) is 2.73. The van der Waals surface area contributed by atoms with Crippen molar-refractivity contribution in [1.29, 1.82) is 0 Å². The van der Waals surface area contributed by atoms with Gasteiger partial charge in [0, 0.05) is 24.7 Å². The molecule has 0 saturated carbocycles. The average molecular weight is 324 g/mol. The van der Waals surface area contributed by atoms with Gasteiger partial charge in [-0.15, -0.1) is 0 Å². The van der Waals surface area contributed by atoms with E-state index in [4.69, 9.17) is 0 Å². The van der Waals surface area contributed by atoms with E-state index in [0.29, 0.717) is 18.7 Å². The minimum Gasteiger partial charge on any atom is -0.326 e. The molecule has 1 amide bonds. The van der Waals surface area contributed by atoms with Gasteiger partial charge in [0.25, 0.3) is 0 Å². The van der Waals surface area contributed by atoms with Gasteiger partial charge < -0.3 is 5.32 Å². The van der Waals surface area contributed by atoms with Crippen LogP contribution in [0.1, 0.15) is 46.0 Å². The number of carbonyl (C=O) groups excluding carboxylic acids is 1. The van der Waals surface area contributed by atoms with Gasteiger partial charge >= 0.3 is 0 Å². The predicted octanol–water partition coefficient (Wildman–Crippen LogP) is 2.99. The Labute approximate surface area is 132 Å². The quantitative estimate of drug-likeness (QED) is 0.905. The van der Waals surface area contributed by atoms with Crippen LogP contribution >= 0.6 is 0 Å². The zero-order chi connectivity index (χ0) is 16.2. The average Bonchev–Trinajstić information content (AvgIpc) is 2.48. The summed E-state index contributed by atoms with van der Waals surface area (Å²) in [6.45, 7) is 4.48. The molecule has 1 N–H and O–H groups in total. The van der Waals surface area contributed by atoms with Crippen LogP contribution in [0.2, 0.25) is 0 Å². The highest BCUT2D eigenvalue weighted by atomic mass is 32.2. The lowest BCUT2D eigenvalue weighted by atomic mass is 10.1. The first-order valence-corrected chi connectivity index (χ1v) is 9.31. The van der Waals surface area contributed by atoms with E-state index in [1.54, 1.807) is 28.6 Å². The number of rotatable bonds is 5. The first-order chi connectivity index (χ1) is 10.4. The second-order valence-electron chi connectivity index (χ2n) is 5.78. The van der Waals surface area contributed by atoms with E-state index in [-0.39, 0.29) is 16.8 Å². The first kappa shape index (κ1) is 17.0. The molecule has 2 rings (SSSR count). The largest absolute Gasteiger partial charge is 0.326 e. The second-order valence-corrected chi connectivity index (χ2v) is 7.67. The lowest BCUT2D eigenvalue weighted by Gasteiger charge is -2.32. The van der Waals surface area contributed by atoms with Crippen LogP contribution in [0.4, 0.5) is 5.69 Å². The number of nitrogens with one attached hydrogen (secondary N) is 1. The third-order valence-corrected chi connectivity index (χ3v) is 5.99. The molecule has 1 saturated heterocycles. The molecule has 122 valence electrons. The number of benzene rings is 1. The van der Waals surface area contributed by atoms with Crippen molar-refractivity contribution in [1.82, 2.24) is 4.31 Å². The minimum absolute atomic E-state index is 0.0442. The van der Waals surface area contributed by atoms with E-state index in [9.17, 15) is 13.2 Å². The summed E-state index contributed by atoms with van der Waals surface area (Å²) in [7, 11) is -3.45. The molecular weight excluding hydrogens is 300 g/mol. The molecule has 1 atom stereocenters. The molecule has 1 aromatic carbocycles. The number of hydrogen-bond acceptors (Lipinski definition) is 3. The Hall–Kier alpha value is -1.40. The van der Waals surface area contributed by atoms with Gasteiger partial charge in [-0.1, -0.05) is 13.3 Å². The highest BCUT2D eigenvalue weighted by Crippen LogP contribution is 2.25. The molecule has 0 spiro atoms. The predicted molar refractivity (Wildman–Crippen MR) is 87.2 cm³/mol. The van der Waals surface area contributed by atoms with E-state index < -0.39 is 10.0 Å². The van der Waals surface area contributed by atoms with Crippen molar-refractivity contribution in [3.63, 3.8) is 0 Å². The van der Waals surface area contributed by atoms with Gasteiger partial charge in [-0.3, -0.25) is 4.79 Å². The molecule has 5 nitrogen and oxygen atoms in total. The summed E-state index contributed by atoms with van der Waals surface area (Å²) in [4.78, 5) is 11.8. The number of anilines is 1. The molecule has 1 fully saturated rings. The molecule has 0 aliphatic carbocycles. The maximum absolute atomic E-state index is 12.7. The van der Waals surface area contributed by atoms with Crippen LogP contribution < -0.4 is 5.32 Å². The molecule has 1 aliphatic heterocycles. The second kappa shape index (κ2) is 7.24. The molecule has 0 aromatic heterocycles. The van der Waals surface area contributed by atoms with Gasteiger partial charge in [0.05, 0.1) is 4.90 Å². The van der Waals surface area contributed by atoms with Crippen molar-refractivity contribution in [2.45, 2.75) is 56.9 Å². The maximum atomic E-state index is 12.7. The molecule has 1 aliphatic rings. The van der Waals surface area contributed by atoms with Crippen LogP contribution in [-0.4, -0.2) is 31.2 Å². The van der Waals surface area contributed by atoms with Crippen LogP contribution in [0.3, 0.4) is 0 Å². The van der Waals surface area contributed by atoms with Crippen LogP contribution in [0.25, 0.3) is 0 Å². The van der Waals surface area contributed by atoms with Crippen molar-refractivity contribution in [2.24, 2.45) is 0 Å². The lowest BCUT2D eigenvalue weighted by molar-refractivity contribution is -0.116. The molecule has 1 aromatic rings. The molecule has 1 heterocycles. The van der Waals surface area contributed by atoms with Crippen LogP contribution in [0.15, 0.2) is 29.2 Å². The fraction of sp³-hybridized carbons (Fsp3) is 0.562. The molecular formula is C16H24N2O3S. The van der Waals surface area contributed by atoms with Crippen molar-refractivity contribution in [2.75, 3.05) is 11.9 Å². The molecule has 6 heteroatoms. The van der Waals surface area contributed by atoms with E-state index in [2.05, 4.69) is 5.32 Å². The van der Waals surface area contributed by atoms with Gasteiger partial charge in [-0.25, -0.2) is 8.42 Å². The Morgan fingerprint density at radius 1 is 1.27 bits per heavy atom. The van der Waals surface area contributed by atoms with E-state index in [0.717, 1.165) is 25.7 Å². The highest BCUT2D eigenvalue weighted by molar-refractivity contribution is 7.89. The topological polar surface area (TPSA) is 66.5 Å². The highest BCUT2D eigenvalue weighted by Gasteiger charge is 2.30. The van der Waals surface area contributed by atoms with Gasteiger partial charge in [-0.2, -0.15) is 4.31 Å². The summed E-state index contributed by atoms with van der Waals surface area (Å²) in [6, 6.07) is 6.48.